The zero-order chi connectivity index (χ0) is 8.43. The molecule has 3 N–H and O–H groups in total. The van der Waals surface area contributed by atoms with Gasteiger partial charge < -0.3 is 10.8 Å². The van der Waals surface area contributed by atoms with Crippen molar-refractivity contribution in [3.8, 4) is 0 Å². The number of rotatable bonds is 2. The zero-order valence-corrected chi connectivity index (χ0v) is 9.54. The Morgan fingerprint density at radius 2 is 2.27 bits per heavy atom. The van der Waals surface area contributed by atoms with E-state index in [1.54, 1.807) is 0 Å². The van der Waals surface area contributed by atoms with Crippen LogP contribution in [-0.2, 0) is 0 Å². The Bertz CT molecular complexity index is 231. The molecule has 0 aliphatic heterocycles. The summed E-state index contributed by atoms with van der Waals surface area (Å²) in [6.07, 6.45) is 0. The molecule has 0 radical (unpaired) electrons. The Balaban J connectivity index is 2.88. The summed E-state index contributed by atoms with van der Waals surface area (Å²) in [5, 5.41) is 8.74. The van der Waals surface area contributed by atoms with Gasteiger partial charge in [-0.25, -0.2) is 0 Å². The fourth-order valence-corrected chi connectivity index (χ4v) is 2.72. The highest BCUT2D eigenvalue weighted by Crippen LogP contribution is 2.34. The van der Waals surface area contributed by atoms with Crippen LogP contribution in [0.4, 0.5) is 0 Å². The Kier molecular flexibility index (Phi) is 3.52. The summed E-state index contributed by atoms with van der Waals surface area (Å²) in [6.45, 7) is -0.0145. The molecule has 0 amide bonds. The van der Waals surface area contributed by atoms with Crippen molar-refractivity contribution in [2.45, 2.75) is 6.04 Å². The van der Waals surface area contributed by atoms with Crippen LogP contribution in [0.1, 0.15) is 10.9 Å². The van der Waals surface area contributed by atoms with E-state index in [1.807, 2.05) is 6.07 Å². The lowest BCUT2D eigenvalue weighted by molar-refractivity contribution is 0.269. The lowest BCUT2D eigenvalue weighted by atomic mass is 10.3. The van der Waals surface area contributed by atoms with Crippen molar-refractivity contribution in [2.75, 3.05) is 6.61 Å². The summed E-state index contributed by atoms with van der Waals surface area (Å²) in [6, 6.07) is 1.65. The second kappa shape index (κ2) is 4.00. The lowest BCUT2D eigenvalue weighted by Crippen LogP contribution is -2.12. The molecule has 0 aromatic carbocycles. The van der Waals surface area contributed by atoms with Crippen molar-refractivity contribution in [1.82, 2.24) is 0 Å². The van der Waals surface area contributed by atoms with E-state index in [1.165, 1.54) is 11.3 Å². The van der Waals surface area contributed by atoms with Gasteiger partial charge in [0.05, 0.1) is 16.4 Å². The molecular weight excluding hydrogens is 294 g/mol. The topological polar surface area (TPSA) is 46.2 Å². The molecule has 1 aromatic rings. The summed E-state index contributed by atoms with van der Waals surface area (Å²) >= 11 is 8.22. The maximum absolute atomic E-state index is 8.74. The number of halogens is 2. The second-order valence-electron chi connectivity index (χ2n) is 2.06. The molecule has 0 fully saturated rings. The number of hydrogen-bond acceptors (Lipinski definition) is 3. The van der Waals surface area contributed by atoms with Gasteiger partial charge in [0.2, 0.25) is 0 Å². The van der Waals surface area contributed by atoms with Gasteiger partial charge in [0.15, 0.2) is 0 Å². The smallest absolute Gasteiger partial charge is 0.0843 e. The Hall–Kier alpha value is 0.580. The minimum absolute atomic E-state index is 0.0145. The number of hydrogen-bond donors (Lipinski definition) is 2. The van der Waals surface area contributed by atoms with Crippen LogP contribution in [-0.4, -0.2) is 11.7 Å². The van der Waals surface area contributed by atoms with E-state index in [9.17, 15) is 0 Å². The van der Waals surface area contributed by atoms with Crippen molar-refractivity contribution in [3.05, 3.63) is 19.2 Å². The number of thiophene rings is 1. The van der Waals surface area contributed by atoms with E-state index in [-0.39, 0.29) is 12.6 Å². The second-order valence-corrected chi connectivity index (χ2v) is 5.32. The summed E-state index contributed by atoms with van der Waals surface area (Å²) < 4.78 is 2.00. The first-order valence-corrected chi connectivity index (χ1v) is 5.36. The molecule has 2 nitrogen and oxygen atoms in total. The third-order valence-corrected chi connectivity index (χ3v) is 4.61. The Morgan fingerprint density at radius 3 is 2.64 bits per heavy atom. The van der Waals surface area contributed by atoms with Gasteiger partial charge in [-0.2, -0.15) is 0 Å². The van der Waals surface area contributed by atoms with Crippen LogP contribution in [0.25, 0.3) is 0 Å². The van der Waals surface area contributed by atoms with Crippen molar-refractivity contribution >= 4 is 43.2 Å². The summed E-state index contributed by atoms with van der Waals surface area (Å²) in [5.41, 5.74) is 5.60. The van der Waals surface area contributed by atoms with Crippen molar-refractivity contribution < 1.29 is 5.11 Å². The lowest BCUT2D eigenvalue weighted by Gasteiger charge is -2.02. The van der Waals surface area contributed by atoms with Crippen LogP contribution in [0, 0.1) is 0 Å². The minimum Gasteiger partial charge on any atom is -0.394 e. The molecule has 11 heavy (non-hydrogen) atoms. The third-order valence-electron chi connectivity index (χ3n) is 1.23. The first kappa shape index (κ1) is 9.67. The standard InChI is InChI=1S/C6H7Br2NOS/c7-3-1-5(4(9)2-10)11-6(3)8/h1,4,10H,2,9H2. The van der Waals surface area contributed by atoms with Crippen molar-refractivity contribution in [2.24, 2.45) is 5.73 Å². The highest BCUT2D eigenvalue weighted by atomic mass is 79.9. The fourth-order valence-electron chi connectivity index (χ4n) is 0.636. The number of aliphatic hydroxyl groups is 1. The third kappa shape index (κ3) is 2.26. The SMILES string of the molecule is NC(CO)c1cc(Br)c(Br)s1. The van der Waals surface area contributed by atoms with Crippen LogP contribution in [0.3, 0.4) is 0 Å². The molecule has 0 aliphatic rings. The first-order valence-electron chi connectivity index (χ1n) is 2.96. The largest absolute Gasteiger partial charge is 0.394 e. The number of aliphatic hydroxyl groups excluding tert-OH is 1. The van der Waals surface area contributed by atoms with Gasteiger partial charge in [0.1, 0.15) is 0 Å². The van der Waals surface area contributed by atoms with Gasteiger partial charge in [0, 0.05) is 9.35 Å². The van der Waals surface area contributed by atoms with Crippen LogP contribution in [0.15, 0.2) is 14.3 Å². The van der Waals surface area contributed by atoms with E-state index >= 15 is 0 Å². The van der Waals surface area contributed by atoms with Gasteiger partial charge in [-0.3, -0.25) is 0 Å². The molecule has 1 heterocycles. The maximum atomic E-state index is 8.74. The predicted octanol–water partition coefficient (Wildman–Crippen LogP) is 2.27. The van der Waals surface area contributed by atoms with Crippen LogP contribution in [0.2, 0.25) is 0 Å². The first-order chi connectivity index (χ1) is 5.15. The van der Waals surface area contributed by atoms with Gasteiger partial charge in [-0.1, -0.05) is 0 Å². The Morgan fingerprint density at radius 1 is 1.64 bits per heavy atom. The highest BCUT2D eigenvalue weighted by Gasteiger charge is 2.09. The molecule has 62 valence electrons. The van der Waals surface area contributed by atoms with Crippen molar-refractivity contribution in [3.63, 3.8) is 0 Å². The molecule has 1 unspecified atom stereocenters. The van der Waals surface area contributed by atoms with E-state index in [2.05, 4.69) is 31.9 Å². The van der Waals surface area contributed by atoms with Crippen LogP contribution < -0.4 is 5.73 Å². The fraction of sp³-hybridized carbons (Fsp3) is 0.333. The molecular formula is C6H7Br2NOS. The van der Waals surface area contributed by atoms with Crippen LogP contribution in [0.5, 0.6) is 0 Å². The summed E-state index contributed by atoms with van der Waals surface area (Å²) in [4.78, 5) is 0.978. The average molecular weight is 301 g/mol. The van der Waals surface area contributed by atoms with Gasteiger partial charge in [0.25, 0.3) is 0 Å². The van der Waals surface area contributed by atoms with Crippen LogP contribution >= 0.6 is 43.2 Å². The van der Waals surface area contributed by atoms with Gasteiger partial charge in [-0.15, -0.1) is 11.3 Å². The molecule has 0 spiro atoms. The molecule has 0 saturated heterocycles. The summed E-state index contributed by atoms with van der Waals surface area (Å²) in [5.74, 6) is 0. The average Bonchev–Trinajstić information content (AvgIpc) is 2.31. The van der Waals surface area contributed by atoms with E-state index in [0.29, 0.717) is 0 Å². The van der Waals surface area contributed by atoms with E-state index in [4.69, 9.17) is 10.8 Å². The molecule has 1 aromatic heterocycles. The quantitative estimate of drug-likeness (QED) is 0.880. The minimum atomic E-state index is -0.261. The maximum Gasteiger partial charge on any atom is 0.0843 e. The predicted molar refractivity (Wildman–Crippen MR) is 53.7 cm³/mol. The Labute approximate surface area is 85.7 Å². The summed E-state index contributed by atoms with van der Waals surface area (Å²) in [7, 11) is 0. The molecule has 5 heteroatoms. The van der Waals surface area contributed by atoms with E-state index in [0.717, 1.165) is 13.1 Å². The highest BCUT2D eigenvalue weighted by molar-refractivity contribution is 9.13. The molecule has 0 saturated carbocycles. The van der Waals surface area contributed by atoms with Crippen molar-refractivity contribution in [1.29, 1.82) is 0 Å². The molecule has 1 rings (SSSR count). The molecule has 1 atom stereocenters. The zero-order valence-electron chi connectivity index (χ0n) is 5.55. The normalized spacial score (nSPS) is 13.5. The molecule has 0 aliphatic carbocycles. The monoisotopic (exact) mass is 299 g/mol. The van der Waals surface area contributed by atoms with E-state index < -0.39 is 0 Å². The number of nitrogens with two attached hydrogens (primary N) is 1. The van der Waals surface area contributed by atoms with Gasteiger partial charge in [-0.05, 0) is 37.9 Å². The van der Waals surface area contributed by atoms with Gasteiger partial charge >= 0.3 is 0 Å². The molecule has 0 bridgehead atoms.